The fraction of sp³-hybridized carbons (Fsp3) is 0.200. The summed E-state index contributed by atoms with van der Waals surface area (Å²) < 4.78 is 29.0. The fourth-order valence-corrected chi connectivity index (χ4v) is 5.48. The lowest BCUT2D eigenvalue weighted by Gasteiger charge is -2.11. The van der Waals surface area contributed by atoms with Crippen molar-refractivity contribution in [3.8, 4) is 5.69 Å². The Kier molecular flexibility index (Phi) is 7.61. The molecule has 0 bridgehead atoms. The van der Waals surface area contributed by atoms with Crippen LogP contribution in [0.25, 0.3) is 16.9 Å². The Bertz CT molecular complexity index is 1770. The zero-order valence-electron chi connectivity index (χ0n) is 22.5. The first-order chi connectivity index (χ1) is 19.2. The highest BCUT2D eigenvalue weighted by Crippen LogP contribution is 2.25. The highest BCUT2D eigenvalue weighted by atomic mass is 32.2. The van der Waals surface area contributed by atoms with E-state index in [0.29, 0.717) is 12.8 Å². The number of pyridine rings is 2. The Morgan fingerprint density at radius 1 is 0.925 bits per heavy atom. The van der Waals surface area contributed by atoms with E-state index in [2.05, 4.69) is 19.6 Å². The lowest BCUT2D eigenvalue weighted by atomic mass is 10.1. The Balaban J connectivity index is 1.29. The second-order valence-corrected chi connectivity index (χ2v) is 11.4. The van der Waals surface area contributed by atoms with Crippen LogP contribution in [0.2, 0.25) is 0 Å². The van der Waals surface area contributed by atoms with Crippen LogP contribution in [0.1, 0.15) is 33.8 Å². The summed E-state index contributed by atoms with van der Waals surface area (Å²) in [6, 6.07) is 19.5. The largest absolute Gasteiger partial charge is 0.337 e. The number of hydrogen-bond donors (Lipinski definition) is 2. The number of carbonyl (C=O) groups is 1. The molecular formula is C30H30N6O3S. The zero-order valence-corrected chi connectivity index (χ0v) is 23.4. The van der Waals surface area contributed by atoms with Crippen molar-refractivity contribution >= 4 is 27.2 Å². The standard InChI is InChI=1S/C30H30N6O3S/c1-20-6-12-26(13-7-20)40(38,39)35-30(37)32-16-14-23-8-10-25(11-9-23)36-27(18-24-5-4-15-31-19-24)34-28-21(2)17-22(3)33-29(28)36/h4-13,15,17,19H,14,16,18H2,1-3H3,(H2,32,35,37). The number of nitrogens with zero attached hydrogens (tertiary/aromatic N) is 4. The van der Waals surface area contributed by atoms with E-state index in [9.17, 15) is 13.2 Å². The van der Waals surface area contributed by atoms with Gasteiger partial charge in [0, 0.05) is 36.7 Å². The van der Waals surface area contributed by atoms with Gasteiger partial charge in [0.05, 0.1) is 4.90 Å². The number of fused-ring (bicyclic) bond motifs is 1. The highest BCUT2D eigenvalue weighted by molar-refractivity contribution is 7.90. The minimum Gasteiger partial charge on any atom is -0.337 e. The van der Waals surface area contributed by atoms with Gasteiger partial charge in [0.2, 0.25) is 0 Å². The highest BCUT2D eigenvalue weighted by Gasteiger charge is 2.18. The Morgan fingerprint density at radius 2 is 1.68 bits per heavy atom. The van der Waals surface area contributed by atoms with Gasteiger partial charge in [-0.3, -0.25) is 9.55 Å². The molecule has 0 fully saturated rings. The molecule has 3 aromatic heterocycles. The lowest BCUT2D eigenvalue weighted by Crippen LogP contribution is -2.40. The van der Waals surface area contributed by atoms with Crippen LogP contribution >= 0.6 is 0 Å². The van der Waals surface area contributed by atoms with E-state index in [0.717, 1.165) is 50.6 Å². The van der Waals surface area contributed by atoms with E-state index in [1.54, 1.807) is 18.3 Å². The van der Waals surface area contributed by atoms with Crippen molar-refractivity contribution in [2.24, 2.45) is 0 Å². The van der Waals surface area contributed by atoms with Crippen LogP contribution in [0.4, 0.5) is 4.79 Å². The summed E-state index contributed by atoms with van der Waals surface area (Å²) in [5.74, 6) is 0.866. The summed E-state index contributed by atoms with van der Waals surface area (Å²) >= 11 is 0. The minimum absolute atomic E-state index is 0.0404. The molecule has 204 valence electrons. The molecule has 0 saturated carbocycles. The molecule has 0 aliphatic rings. The number of rotatable bonds is 8. The van der Waals surface area contributed by atoms with Gasteiger partial charge >= 0.3 is 6.03 Å². The number of hydrogen-bond acceptors (Lipinski definition) is 6. The van der Waals surface area contributed by atoms with Gasteiger partial charge in [0.25, 0.3) is 10.0 Å². The second-order valence-electron chi connectivity index (χ2n) is 9.75. The molecule has 0 unspecified atom stereocenters. The maximum Gasteiger partial charge on any atom is 0.328 e. The maximum absolute atomic E-state index is 12.4. The molecule has 0 aliphatic heterocycles. The molecule has 5 rings (SSSR count). The average Bonchev–Trinajstić information content (AvgIpc) is 3.27. The van der Waals surface area contributed by atoms with Crippen LogP contribution in [0, 0.1) is 20.8 Å². The van der Waals surface area contributed by atoms with E-state index in [1.807, 2.05) is 69.4 Å². The van der Waals surface area contributed by atoms with Crippen LogP contribution in [-0.4, -0.2) is 40.5 Å². The van der Waals surface area contributed by atoms with Gasteiger partial charge in [-0.25, -0.2) is 27.9 Å². The molecule has 40 heavy (non-hydrogen) atoms. The van der Waals surface area contributed by atoms with Gasteiger partial charge in [-0.2, -0.15) is 0 Å². The van der Waals surface area contributed by atoms with E-state index >= 15 is 0 Å². The first-order valence-corrected chi connectivity index (χ1v) is 14.4. The van der Waals surface area contributed by atoms with Gasteiger partial charge in [0.1, 0.15) is 11.3 Å². The molecule has 0 radical (unpaired) electrons. The molecule has 5 aromatic rings. The number of urea groups is 1. The van der Waals surface area contributed by atoms with Crippen LogP contribution in [0.5, 0.6) is 0 Å². The van der Waals surface area contributed by atoms with Crippen molar-refractivity contribution in [2.45, 2.75) is 38.5 Å². The minimum atomic E-state index is -3.93. The zero-order chi connectivity index (χ0) is 28.3. The fourth-order valence-electron chi connectivity index (χ4n) is 4.55. The van der Waals surface area contributed by atoms with Gasteiger partial charge < -0.3 is 5.32 Å². The molecule has 2 aromatic carbocycles. The molecular weight excluding hydrogens is 524 g/mol. The number of imidazole rings is 1. The summed E-state index contributed by atoms with van der Waals surface area (Å²) in [6.45, 7) is 6.15. The quantitative estimate of drug-likeness (QED) is 0.290. The maximum atomic E-state index is 12.4. The van der Waals surface area contributed by atoms with E-state index in [-0.39, 0.29) is 11.4 Å². The first-order valence-electron chi connectivity index (χ1n) is 12.9. The molecule has 0 atom stereocenters. The summed E-state index contributed by atoms with van der Waals surface area (Å²) in [5, 5.41) is 2.62. The summed E-state index contributed by atoms with van der Waals surface area (Å²) in [7, 11) is -3.93. The summed E-state index contributed by atoms with van der Waals surface area (Å²) in [6.07, 6.45) is 4.73. The molecule has 9 nitrogen and oxygen atoms in total. The topological polar surface area (TPSA) is 119 Å². The van der Waals surface area contributed by atoms with Crippen molar-refractivity contribution < 1.29 is 13.2 Å². The Morgan fingerprint density at radius 3 is 2.38 bits per heavy atom. The smallest absolute Gasteiger partial charge is 0.328 e. The number of nitrogens with one attached hydrogen (secondary N) is 2. The number of aromatic nitrogens is 4. The summed E-state index contributed by atoms with van der Waals surface area (Å²) in [5.41, 5.74) is 7.56. The van der Waals surface area contributed by atoms with Crippen LogP contribution < -0.4 is 10.0 Å². The van der Waals surface area contributed by atoms with Crippen molar-refractivity contribution in [3.05, 3.63) is 113 Å². The third kappa shape index (κ3) is 6.02. The lowest BCUT2D eigenvalue weighted by molar-refractivity contribution is 0.246. The van der Waals surface area contributed by atoms with Gasteiger partial charge in [-0.15, -0.1) is 0 Å². The Hall–Kier alpha value is -4.57. The third-order valence-corrected chi connectivity index (χ3v) is 7.89. The monoisotopic (exact) mass is 554 g/mol. The molecule has 0 spiro atoms. The number of sulfonamides is 1. The van der Waals surface area contributed by atoms with Crippen LogP contribution in [0.15, 0.2) is 84.0 Å². The van der Waals surface area contributed by atoms with Crippen LogP contribution in [0.3, 0.4) is 0 Å². The van der Waals surface area contributed by atoms with E-state index < -0.39 is 16.1 Å². The number of benzene rings is 2. The molecule has 2 amide bonds. The summed E-state index contributed by atoms with van der Waals surface area (Å²) in [4.78, 5) is 26.3. The molecule has 0 aliphatic carbocycles. The number of aryl methyl sites for hydroxylation is 3. The molecule has 10 heteroatoms. The number of amides is 2. The predicted molar refractivity (Wildman–Crippen MR) is 154 cm³/mol. The van der Waals surface area contributed by atoms with Crippen molar-refractivity contribution in [1.82, 2.24) is 29.6 Å². The number of carbonyl (C=O) groups excluding carboxylic acids is 1. The second kappa shape index (κ2) is 11.3. The first kappa shape index (κ1) is 27.0. The third-order valence-electron chi connectivity index (χ3n) is 6.54. The Labute approximate surface area is 233 Å². The van der Waals surface area contributed by atoms with Gasteiger partial charge in [0.15, 0.2) is 5.65 Å². The van der Waals surface area contributed by atoms with Crippen LogP contribution in [-0.2, 0) is 22.9 Å². The molecule has 3 heterocycles. The van der Waals surface area contributed by atoms with Crippen molar-refractivity contribution in [3.63, 3.8) is 0 Å². The predicted octanol–water partition coefficient (Wildman–Crippen LogP) is 4.56. The SMILES string of the molecule is Cc1ccc(S(=O)(=O)NC(=O)NCCc2ccc(-n3c(Cc4cccnc4)nc4c(C)cc(C)nc43)cc2)cc1. The normalized spacial score (nSPS) is 11.5. The van der Waals surface area contributed by atoms with E-state index in [4.69, 9.17) is 9.97 Å². The van der Waals surface area contributed by atoms with Gasteiger partial charge in [-0.05, 0) is 80.3 Å². The van der Waals surface area contributed by atoms with Crippen molar-refractivity contribution in [2.75, 3.05) is 6.54 Å². The molecule has 2 N–H and O–H groups in total. The average molecular weight is 555 g/mol. The van der Waals surface area contributed by atoms with Gasteiger partial charge in [-0.1, -0.05) is 35.9 Å². The van der Waals surface area contributed by atoms with E-state index in [1.165, 1.54) is 12.1 Å². The van der Waals surface area contributed by atoms with Crippen molar-refractivity contribution in [1.29, 1.82) is 0 Å². The molecule has 0 saturated heterocycles.